The summed E-state index contributed by atoms with van der Waals surface area (Å²) in [5.41, 5.74) is 0. The molecule has 0 fully saturated rings. The molecule has 15 heavy (non-hydrogen) atoms. The highest BCUT2D eigenvalue weighted by atomic mass is 16.5. The fourth-order valence-corrected chi connectivity index (χ4v) is 0.946. The number of likely N-dealkylation sites (N-methyl/N-ethyl adjacent to an activating group) is 1. The Bertz CT molecular complexity index is 232. The van der Waals surface area contributed by atoms with Gasteiger partial charge in [0.15, 0.2) is 0 Å². The van der Waals surface area contributed by atoms with Gasteiger partial charge in [-0.05, 0) is 13.8 Å². The van der Waals surface area contributed by atoms with Crippen molar-refractivity contribution in [3.63, 3.8) is 0 Å². The van der Waals surface area contributed by atoms with Gasteiger partial charge in [-0.3, -0.25) is 0 Å². The maximum Gasteiger partial charge on any atom is 0.326 e. The van der Waals surface area contributed by atoms with Crippen LogP contribution in [0.1, 0.15) is 13.8 Å². The highest BCUT2D eigenvalue weighted by Gasteiger charge is 2.22. The van der Waals surface area contributed by atoms with Crippen LogP contribution in [0.4, 0.5) is 4.79 Å². The van der Waals surface area contributed by atoms with Crippen molar-refractivity contribution in [2.75, 3.05) is 20.8 Å². The predicted octanol–water partition coefficient (Wildman–Crippen LogP) is 0.136. The van der Waals surface area contributed by atoms with Crippen molar-refractivity contribution < 1.29 is 19.4 Å². The van der Waals surface area contributed by atoms with E-state index >= 15 is 0 Å². The van der Waals surface area contributed by atoms with Gasteiger partial charge in [0.2, 0.25) is 0 Å². The molecule has 0 radical (unpaired) electrons. The van der Waals surface area contributed by atoms with Crippen LogP contribution < -0.4 is 5.32 Å². The van der Waals surface area contributed by atoms with Gasteiger partial charge >= 0.3 is 12.0 Å². The molecule has 0 aromatic heterocycles. The Morgan fingerprint density at radius 3 is 2.40 bits per heavy atom. The van der Waals surface area contributed by atoms with Crippen LogP contribution >= 0.6 is 0 Å². The minimum Gasteiger partial charge on any atom is -0.480 e. The van der Waals surface area contributed by atoms with Crippen LogP contribution in [0, 0.1) is 0 Å². The molecular formula is C9H18N2O4. The second-order valence-corrected chi connectivity index (χ2v) is 3.43. The summed E-state index contributed by atoms with van der Waals surface area (Å²) in [4.78, 5) is 23.2. The van der Waals surface area contributed by atoms with E-state index in [4.69, 9.17) is 9.84 Å². The first-order valence-electron chi connectivity index (χ1n) is 4.65. The number of nitrogens with one attached hydrogen (secondary N) is 1. The highest BCUT2D eigenvalue weighted by Crippen LogP contribution is 1.97. The quantitative estimate of drug-likeness (QED) is 0.687. The Labute approximate surface area is 89.2 Å². The van der Waals surface area contributed by atoms with E-state index in [1.165, 1.54) is 21.1 Å². The van der Waals surface area contributed by atoms with Crippen molar-refractivity contribution in [1.29, 1.82) is 0 Å². The van der Waals surface area contributed by atoms with E-state index in [1.807, 2.05) is 0 Å². The number of hydrogen-bond donors (Lipinski definition) is 2. The van der Waals surface area contributed by atoms with Crippen molar-refractivity contribution in [3.05, 3.63) is 0 Å². The smallest absolute Gasteiger partial charge is 0.326 e. The van der Waals surface area contributed by atoms with Crippen molar-refractivity contribution in [2.24, 2.45) is 0 Å². The summed E-state index contributed by atoms with van der Waals surface area (Å²) in [6, 6.07) is -1.42. The molecule has 0 aromatic rings. The lowest BCUT2D eigenvalue weighted by molar-refractivity contribution is -0.141. The number of carbonyl (C=O) groups excluding carboxylic acids is 1. The summed E-state index contributed by atoms with van der Waals surface area (Å²) in [7, 11) is 2.97. The van der Waals surface area contributed by atoms with E-state index in [1.54, 1.807) is 6.92 Å². The molecule has 0 aromatic carbocycles. The average molecular weight is 218 g/mol. The maximum absolute atomic E-state index is 11.5. The number of amides is 2. The summed E-state index contributed by atoms with van der Waals surface area (Å²) in [5.74, 6) is -1.04. The maximum atomic E-state index is 11.5. The minimum absolute atomic E-state index is 0.147. The number of carboxylic acids is 1. The van der Waals surface area contributed by atoms with Crippen LogP contribution in [0.25, 0.3) is 0 Å². The molecule has 2 N–H and O–H groups in total. The number of carbonyl (C=O) groups is 2. The summed E-state index contributed by atoms with van der Waals surface area (Å²) < 4.78 is 4.84. The lowest BCUT2D eigenvalue weighted by Crippen LogP contribution is -2.49. The summed E-state index contributed by atoms with van der Waals surface area (Å²) in [5, 5.41) is 11.3. The Kier molecular flexibility index (Phi) is 5.69. The van der Waals surface area contributed by atoms with Gasteiger partial charge in [-0.1, -0.05) is 0 Å². The van der Waals surface area contributed by atoms with E-state index in [2.05, 4.69) is 5.32 Å². The highest BCUT2D eigenvalue weighted by molar-refractivity contribution is 5.82. The van der Waals surface area contributed by atoms with Crippen LogP contribution in [-0.2, 0) is 9.53 Å². The van der Waals surface area contributed by atoms with E-state index in [0.29, 0.717) is 6.61 Å². The minimum atomic E-state index is -1.04. The number of urea groups is 1. The number of aliphatic carboxylic acids is 1. The molecule has 0 heterocycles. The molecule has 0 saturated carbocycles. The van der Waals surface area contributed by atoms with Crippen LogP contribution in [0.2, 0.25) is 0 Å². The number of ether oxygens (including phenoxy) is 1. The first-order valence-corrected chi connectivity index (χ1v) is 4.65. The van der Waals surface area contributed by atoms with Crippen molar-refractivity contribution in [3.8, 4) is 0 Å². The fourth-order valence-electron chi connectivity index (χ4n) is 0.946. The van der Waals surface area contributed by atoms with E-state index in [-0.39, 0.29) is 6.04 Å². The fraction of sp³-hybridized carbons (Fsp3) is 0.778. The second-order valence-electron chi connectivity index (χ2n) is 3.43. The topological polar surface area (TPSA) is 78.9 Å². The summed E-state index contributed by atoms with van der Waals surface area (Å²) in [6.07, 6.45) is 0. The van der Waals surface area contributed by atoms with E-state index in [9.17, 15) is 9.59 Å². The third kappa shape index (κ3) is 4.64. The number of methoxy groups -OCH3 is 1. The summed E-state index contributed by atoms with van der Waals surface area (Å²) in [6.45, 7) is 3.62. The van der Waals surface area contributed by atoms with Crippen LogP contribution in [0.15, 0.2) is 0 Å². The van der Waals surface area contributed by atoms with Crippen molar-refractivity contribution in [2.45, 2.75) is 25.9 Å². The second kappa shape index (κ2) is 6.23. The first-order chi connectivity index (χ1) is 6.90. The predicted molar refractivity (Wildman–Crippen MR) is 54.7 cm³/mol. The lowest BCUT2D eigenvalue weighted by Gasteiger charge is -2.24. The van der Waals surface area contributed by atoms with Gasteiger partial charge in [-0.2, -0.15) is 0 Å². The number of carboxylic acid groups (broad SMARTS) is 1. The molecule has 2 unspecified atom stereocenters. The Morgan fingerprint density at radius 2 is 2.00 bits per heavy atom. The Balaban J connectivity index is 4.15. The van der Waals surface area contributed by atoms with E-state index in [0.717, 1.165) is 4.90 Å². The van der Waals surface area contributed by atoms with Crippen LogP contribution in [-0.4, -0.2) is 54.9 Å². The molecule has 6 nitrogen and oxygen atoms in total. The molecule has 0 aliphatic heterocycles. The molecule has 0 rings (SSSR count). The zero-order valence-electron chi connectivity index (χ0n) is 9.48. The average Bonchev–Trinajstić information content (AvgIpc) is 2.15. The van der Waals surface area contributed by atoms with Gasteiger partial charge in [0, 0.05) is 14.2 Å². The Morgan fingerprint density at radius 1 is 1.47 bits per heavy atom. The van der Waals surface area contributed by atoms with Gasteiger partial charge in [0.05, 0.1) is 12.6 Å². The standard InChI is InChI=1S/C9H18N2O4/c1-6(5-15-4)10-9(14)11(3)7(2)8(12)13/h6-7H,5H2,1-4H3,(H,10,14)(H,12,13). The molecule has 2 amide bonds. The SMILES string of the molecule is COCC(C)NC(=O)N(C)C(C)C(=O)O. The van der Waals surface area contributed by atoms with Gasteiger partial charge in [0.25, 0.3) is 0 Å². The van der Waals surface area contributed by atoms with Gasteiger partial charge < -0.3 is 20.1 Å². The number of hydrogen-bond acceptors (Lipinski definition) is 3. The molecule has 0 saturated heterocycles. The third-order valence-electron chi connectivity index (χ3n) is 2.05. The van der Waals surface area contributed by atoms with Crippen molar-refractivity contribution >= 4 is 12.0 Å². The first kappa shape index (κ1) is 13.7. The third-order valence-corrected chi connectivity index (χ3v) is 2.05. The summed E-state index contributed by atoms with van der Waals surface area (Å²) >= 11 is 0. The molecule has 0 aliphatic rings. The molecule has 2 atom stereocenters. The molecule has 0 spiro atoms. The molecule has 0 bridgehead atoms. The number of rotatable bonds is 5. The van der Waals surface area contributed by atoms with E-state index < -0.39 is 18.0 Å². The van der Waals surface area contributed by atoms with Crippen molar-refractivity contribution in [1.82, 2.24) is 10.2 Å². The van der Waals surface area contributed by atoms with Gasteiger partial charge in [-0.15, -0.1) is 0 Å². The van der Waals surface area contributed by atoms with Gasteiger partial charge in [-0.25, -0.2) is 9.59 Å². The zero-order valence-corrected chi connectivity index (χ0v) is 9.48. The monoisotopic (exact) mass is 218 g/mol. The van der Waals surface area contributed by atoms with Crippen LogP contribution in [0.5, 0.6) is 0 Å². The molecular weight excluding hydrogens is 200 g/mol. The zero-order chi connectivity index (χ0) is 12.0. The molecule has 0 aliphatic carbocycles. The largest absolute Gasteiger partial charge is 0.480 e. The molecule has 6 heteroatoms. The van der Waals surface area contributed by atoms with Crippen LogP contribution in [0.3, 0.4) is 0 Å². The molecule has 88 valence electrons. The Hall–Kier alpha value is -1.30. The lowest BCUT2D eigenvalue weighted by atomic mass is 10.3. The normalized spacial score (nSPS) is 14.1. The number of nitrogens with zero attached hydrogens (tertiary/aromatic N) is 1. The van der Waals surface area contributed by atoms with Gasteiger partial charge in [0.1, 0.15) is 6.04 Å².